The summed E-state index contributed by atoms with van der Waals surface area (Å²) in [5, 5.41) is 0. The van der Waals surface area contributed by atoms with E-state index in [0.29, 0.717) is 0 Å². The molecule has 0 aromatic heterocycles. The molecule has 2 aromatic carbocycles. The first-order valence-corrected chi connectivity index (χ1v) is 11.2. The molecule has 1 atom stereocenters. The zero-order valence-corrected chi connectivity index (χ0v) is 17.8. The van der Waals surface area contributed by atoms with Gasteiger partial charge in [0.05, 0.1) is 7.11 Å². The predicted molar refractivity (Wildman–Crippen MR) is 121 cm³/mol. The maximum absolute atomic E-state index is 5.28. The van der Waals surface area contributed by atoms with Crippen LogP contribution in [0.2, 0.25) is 0 Å². The SMILES string of the molecule is COc1ccc(N2CCN(C3CCCN(CCCc4ccccc4)C3)CC2)cc1. The average Bonchev–Trinajstić information content (AvgIpc) is 2.80. The Balaban J connectivity index is 1.22. The first kappa shape index (κ1) is 20.2. The predicted octanol–water partition coefficient (Wildman–Crippen LogP) is 3.91. The van der Waals surface area contributed by atoms with Gasteiger partial charge in [0.1, 0.15) is 5.75 Å². The Morgan fingerprint density at radius 2 is 1.66 bits per heavy atom. The van der Waals surface area contributed by atoms with E-state index < -0.39 is 0 Å². The normalized spacial score (nSPS) is 21.3. The van der Waals surface area contributed by atoms with Gasteiger partial charge in [0, 0.05) is 44.5 Å². The van der Waals surface area contributed by atoms with Gasteiger partial charge in [-0.15, -0.1) is 0 Å². The molecule has 4 rings (SSSR count). The lowest BCUT2D eigenvalue weighted by molar-refractivity contribution is 0.0920. The van der Waals surface area contributed by atoms with Crippen LogP contribution in [0.15, 0.2) is 54.6 Å². The maximum Gasteiger partial charge on any atom is 0.119 e. The number of hydrogen-bond donors (Lipinski definition) is 0. The molecule has 2 aliphatic rings. The van der Waals surface area contributed by atoms with Crippen LogP contribution in [-0.2, 0) is 6.42 Å². The third kappa shape index (κ3) is 5.52. The van der Waals surface area contributed by atoms with Gasteiger partial charge in [0.2, 0.25) is 0 Å². The summed E-state index contributed by atoms with van der Waals surface area (Å²) in [7, 11) is 1.73. The molecule has 0 spiro atoms. The van der Waals surface area contributed by atoms with E-state index in [4.69, 9.17) is 4.74 Å². The molecule has 2 aliphatic heterocycles. The molecular formula is C25H35N3O. The van der Waals surface area contributed by atoms with Crippen LogP contribution in [0, 0.1) is 0 Å². The summed E-state index contributed by atoms with van der Waals surface area (Å²) >= 11 is 0. The summed E-state index contributed by atoms with van der Waals surface area (Å²) < 4.78 is 5.28. The quantitative estimate of drug-likeness (QED) is 0.710. The van der Waals surface area contributed by atoms with Crippen LogP contribution in [0.1, 0.15) is 24.8 Å². The van der Waals surface area contributed by atoms with Gasteiger partial charge >= 0.3 is 0 Å². The number of piperazine rings is 1. The molecule has 0 bridgehead atoms. The summed E-state index contributed by atoms with van der Waals surface area (Å²) in [5.41, 5.74) is 2.78. The molecule has 2 saturated heterocycles. The second-order valence-electron chi connectivity index (χ2n) is 8.41. The van der Waals surface area contributed by atoms with Crippen molar-refractivity contribution in [2.45, 2.75) is 31.7 Å². The van der Waals surface area contributed by atoms with E-state index in [-0.39, 0.29) is 0 Å². The number of benzene rings is 2. The van der Waals surface area contributed by atoms with Crippen molar-refractivity contribution < 1.29 is 4.74 Å². The van der Waals surface area contributed by atoms with Crippen molar-refractivity contribution in [3.63, 3.8) is 0 Å². The minimum Gasteiger partial charge on any atom is -0.497 e. The van der Waals surface area contributed by atoms with Crippen molar-refractivity contribution in [2.75, 3.05) is 57.8 Å². The minimum atomic E-state index is 0.735. The fraction of sp³-hybridized carbons (Fsp3) is 0.520. The van der Waals surface area contributed by atoms with E-state index in [1.807, 2.05) is 0 Å². The highest BCUT2D eigenvalue weighted by Crippen LogP contribution is 2.23. The Hall–Kier alpha value is -2.04. The summed E-state index contributed by atoms with van der Waals surface area (Å²) in [6.45, 7) is 8.35. The van der Waals surface area contributed by atoms with Gasteiger partial charge in [-0.25, -0.2) is 0 Å². The second-order valence-corrected chi connectivity index (χ2v) is 8.41. The molecule has 4 heteroatoms. The van der Waals surface area contributed by atoms with Crippen LogP contribution in [-0.4, -0.2) is 68.8 Å². The van der Waals surface area contributed by atoms with Gasteiger partial charge < -0.3 is 14.5 Å². The van der Waals surface area contributed by atoms with E-state index in [1.54, 1.807) is 7.11 Å². The number of methoxy groups -OCH3 is 1. The van der Waals surface area contributed by atoms with Gasteiger partial charge in [0.15, 0.2) is 0 Å². The molecule has 0 radical (unpaired) electrons. The molecule has 2 aromatic rings. The molecule has 29 heavy (non-hydrogen) atoms. The Morgan fingerprint density at radius 3 is 2.38 bits per heavy atom. The van der Waals surface area contributed by atoms with Crippen LogP contribution in [0.25, 0.3) is 0 Å². The van der Waals surface area contributed by atoms with Gasteiger partial charge in [-0.05, 0) is 68.6 Å². The number of ether oxygens (including phenoxy) is 1. The van der Waals surface area contributed by atoms with E-state index >= 15 is 0 Å². The molecule has 1 unspecified atom stereocenters. The highest BCUT2D eigenvalue weighted by Gasteiger charge is 2.28. The van der Waals surface area contributed by atoms with Gasteiger partial charge in [-0.2, -0.15) is 0 Å². The molecule has 0 aliphatic carbocycles. The first-order chi connectivity index (χ1) is 14.3. The number of aryl methyl sites for hydroxylation is 1. The standard InChI is InChI=1S/C25H35N3O/c1-29-25-13-11-23(12-14-25)27-17-19-28(20-18-27)24-10-6-16-26(21-24)15-5-9-22-7-3-2-4-8-22/h2-4,7-8,11-14,24H,5-6,9-10,15-21H2,1H3. The summed E-state index contributed by atoms with van der Waals surface area (Å²) in [4.78, 5) is 7.95. The number of anilines is 1. The van der Waals surface area contributed by atoms with Crippen molar-refractivity contribution >= 4 is 5.69 Å². The Morgan fingerprint density at radius 1 is 0.897 bits per heavy atom. The van der Waals surface area contributed by atoms with E-state index in [9.17, 15) is 0 Å². The lowest BCUT2D eigenvalue weighted by Crippen LogP contribution is -2.55. The number of hydrogen-bond acceptors (Lipinski definition) is 4. The molecular weight excluding hydrogens is 358 g/mol. The van der Waals surface area contributed by atoms with E-state index in [1.165, 1.54) is 69.7 Å². The highest BCUT2D eigenvalue weighted by atomic mass is 16.5. The third-order valence-corrected chi connectivity index (χ3v) is 6.53. The second kappa shape index (κ2) is 10.1. The Bertz CT molecular complexity index is 725. The number of piperidine rings is 1. The fourth-order valence-corrected chi connectivity index (χ4v) is 4.82. The third-order valence-electron chi connectivity index (χ3n) is 6.53. The Kier molecular flexibility index (Phi) is 7.07. The molecule has 156 valence electrons. The number of likely N-dealkylation sites (tertiary alicyclic amines) is 1. The summed E-state index contributed by atoms with van der Waals surface area (Å²) in [6.07, 6.45) is 5.16. The van der Waals surface area contributed by atoms with Crippen LogP contribution in [0.5, 0.6) is 5.75 Å². The first-order valence-electron chi connectivity index (χ1n) is 11.2. The zero-order valence-electron chi connectivity index (χ0n) is 17.8. The maximum atomic E-state index is 5.28. The summed E-state index contributed by atoms with van der Waals surface area (Å²) in [5.74, 6) is 0.932. The van der Waals surface area contributed by atoms with Crippen LogP contribution in [0.4, 0.5) is 5.69 Å². The van der Waals surface area contributed by atoms with E-state index in [0.717, 1.165) is 24.9 Å². The minimum absolute atomic E-state index is 0.735. The monoisotopic (exact) mass is 393 g/mol. The molecule has 0 N–H and O–H groups in total. The lowest BCUT2D eigenvalue weighted by Gasteiger charge is -2.44. The van der Waals surface area contributed by atoms with Crippen molar-refractivity contribution in [1.29, 1.82) is 0 Å². The van der Waals surface area contributed by atoms with Crippen molar-refractivity contribution in [1.82, 2.24) is 9.80 Å². The summed E-state index contributed by atoms with van der Waals surface area (Å²) in [6, 6.07) is 20.1. The molecule has 2 heterocycles. The van der Waals surface area contributed by atoms with Crippen LogP contribution < -0.4 is 9.64 Å². The topological polar surface area (TPSA) is 19.0 Å². The largest absolute Gasteiger partial charge is 0.497 e. The average molecular weight is 394 g/mol. The van der Waals surface area contributed by atoms with Crippen LogP contribution >= 0.6 is 0 Å². The van der Waals surface area contributed by atoms with Crippen molar-refractivity contribution in [3.8, 4) is 5.75 Å². The van der Waals surface area contributed by atoms with E-state index in [2.05, 4.69) is 69.3 Å². The van der Waals surface area contributed by atoms with Gasteiger partial charge in [-0.1, -0.05) is 30.3 Å². The van der Waals surface area contributed by atoms with Gasteiger partial charge in [0.25, 0.3) is 0 Å². The lowest BCUT2D eigenvalue weighted by atomic mass is 10.0. The number of nitrogens with zero attached hydrogens (tertiary/aromatic N) is 3. The fourth-order valence-electron chi connectivity index (χ4n) is 4.82. The molecule has 0 amide bonds. The molecule has 0 saturated carbocycles. The van der Waals surface area contributed by atoms with Crippen molar-refractivity contribution in [2.24, 2.45) is 0 Å². The number of rotatable bonds is 7. The molecule has 2 fully saturated rings. The molecule has 4 nitrogen and oxygen atoms in total. The zero-order chi connectivity index (χ0) is 19.9. The highest BCUT2D eigenvalue weighted by molar-refractivity contribution is 5.49. The smallest absolute Gasteiger partial charge is 0.119 e. The van der Waals surface area contributed by atoms with Gasteiger partial charge in [-0.3, -0.25) is 4.90 Å². The Labute approximate surface area is 176 Å². The van der Waals surface area contributed by atoms with Crippen molar-refractivity contribution in [3.05, 3.63) is 60.2 Å². The van der Waals surface area contributed by atoms with Crippen LogP contribution in [0.3, 0.4) is 0 Å².